The van der Waals surface area contributed by atoms with Crippen molar-refractivity contribution in [2.75, 3.05) is 0 Å². The van der Waals surface area contributed by atoms with E-state index in [4.69, 9.17) is 4.55 Å². The number of carbonyl (C=O) groups excluding carboxylic acids is 1. The number of hydrogen-bond acceptors (Lipinski definition) is 4. The summed E-state index contributed by atoms with van der Waals surface area (Å²) in [5.74, 6) is -0.635. The molecule has 6 heteroatoms. The van der Waals surface area contributed by atoms with Crippen molar-refractivity contribution in [1.82, 2.24) is 0 Å². The maximum atomic E-state index is 11.2. The standard InChI is InChI=1S/C11H20O5S/c1-3-5-6-7-8-9-10(12)16-11(4-2)17(13,14)15/h4,11H,2-3,5-9H2,1H3,(H,13,14,15). The Morgan fingerprint density at radius 3 is 2.41 bits per heavy atom. The average molecular weight is 264 g/mol. The van der Waals surface area contributed by atoms with E-state index in [0.29, 0.717) is 6.42 Å². The first kappa shape index (κ1) is 16.1. The van der Waals surface area contributed by atoms with Gasteiger partial charge in [0.15, 0.2) is 0 Å². The molecule has 1 unspecified atom stereocenters. The van der Waals surface area contributed by atoms with Gasteiger partial charge >= 0.3 is 16.1 Å². The highest BCUT2D eigenvalue weighted by Crippen LogP contribution is 2.09. The molecule has 0 saturated carbocycles. The molecule has 0 saturated heterocycles. The van der Waals surface area contributed by atoms with Crippen LogP contribution in [0.1, 0.15) is 45.4 Å². The molecule has 1 N–H and O–H groups in total. The smallest absolute Gasteiger partial charge is 0.307 e. The Morgan fingerprint density at radius 2 is 1.94 bits per heavy atom. The Morgan fingerprint density at radius 1 is 1.35 bits per heavy atom. The number of unbranched alkanes of at least 4 members (excludes halogenated alkanes) is 4. The van der Waals surface area contributed by atoms with Gasteiger partial charge in [-0.2, -0.15) is 8.42 Å². The maximum absolute atomic E-state index is 11.2. The third kappa shape index (κ3) is 7.93. The van der Waals surface area contributed by atoms with Gasteiger partial charge in [0.25, 0.3) is 0 Å². The molecule has 17 heavy (non-hydrogen) atoms. The lowest BCUT2D eigenvalue weighted by Crippen LogP contribution is -2.24. The lowest BCUT2D eigenvalue weighted by atomic mass is 10.1. The van der Waals surface area contributed by atoms with E-state index in [9.17, 15) is 13.2 Å². The minimum atomic E-state index is -4.41. The Labute approximate surface area is 103 Å². The fourth-order valence-corrected chi connectivity index (χ4v) is 1.76. The molecule has 0 aromatic rings. The third-order valence-corrected chi connectivity index (χ3v) is 3.09. The summed E-state index contributed by atoms with van der Waals surface area (Å²) in [4.78, 5) is 11.2. The van der Waals surface area contributed by atoms with Crippen LogP contribution in [0.3, 0.4) is 0 Å². The van der Waals surface area contributed by atoms with Crippen molar-refractivity contribution in [2.45, 2.75) is 50.9 Å². The van der Waals surface area contributed by atoms with E-state index < -0.39 is 21.5 Å². The molecule has 0 aromatic heterocycles. The molecule has 0 bridgehead atoms. The first-order chi connectivity index (χ1) is 7.91. The van der Waals surface area contributed by atoms with Crippen molar-refractivity contribution in [1.29, 1.82) is 0 Å². The van der Waals surface area contributed by atoms with Gasteiger partial charge in [-0.15, -0.1) is 0 Å². The molecule has 0 rings (SSSR count). The van der Waals surface area contributed by atoms with Crippen LogP contribution in [0.15, 0.2) is 12.7 Å². The molecule has 0 aliphatic heterocycles. The normalized spacial score (nSPS) is 13.1. The largest absolute Gasteiger partial charge is 0.439 e. The second kappa shape index (κ2) is 8.25. The maximum Gasteiger partial charge on any atom is 0.307 e. The van der Waals surface area contributed by atoms with Crippen molar-refractivity contribution in [3.8, 4) is 0 Å². The Bertz CT molecular complexity index is 334. The summed E-state index contributed by atoms with van der Waals surface area (Å²) in [6.07, 6.45) is 5.89. The van der Waals surface area contributed by atoms with Crippen LogP contribution < -0.4 is 0 Å². The molecule has 100 valence electrons. The highest BCUT2D eigenvalue weighted by atomic mass is 32.2. The van der Waals surface area contributed by atoms with Gasteiger partial charge in [-0.25, -0.2) is 0 Å². The van der Waals surface area contributed by atoms with Gasteiger partial charge < -0.3 is 4.74 Å². The van der Waals surface area contributed by atoms with Gasteiger partial charge in [0, 0.05) is 6.42 Å². The van der Waals surface area contributed by atoms with Gasteiger partial charge in [0.2, 0.25) is 5.44 Å². The van der Waals surface area contributed by atoms with Gasteiger partial charge in [-0.05, 0) is 12.5 Å². The zero-order chi connectivity index (χ0) is 13.3. The molecule has 0 aromatic carbocycles. The number of esters is 1. The van der Waals surface area contributed by atoms with Crippen molar-refractivity contribution in [2.24, 2.45) is 0 Å². The first-order valence-electron chi connectivity index (χ1n) is 5.70. The third-order valence-electron chi connectivity index (χ3n) is 2.22. The van der Waals surface area contributed by atoms with Crippen LogP contribution in [-0.4, -0.2) is 24.4 Å². The summed E-state index contributed by atoms with van der Waals surface area (Å²) in [5.41, 5.74) is -1.66. The minimum Gasteiger partial charge on any atom is -0.439 e. The van der Waals surface area contributed by atoms with E-state index in [1.807, 2.05) is 0 Å². The fraction of sp³-hybridized carbons (Fsp3) is 0.727. The van der Waals surface area contributed by atoms with Crippen LogP contribution in [-0.2, 0) is 19.6 Å². The summed E-state index contributed by atoms with van der Waals surface area (Å²) < 4.78 is 34.7. The van der Waals surface area contributed by atoms with Gasteiger partial charge in [0.1, 0.15) is 0 Å². The summed E-state index contributed by atoms with van der Waals surface area (Å²) in [7, 11) is -4.41. The van der Waals surface area contributed by atoms with Crippen molar-refractivity contribution in [3.05, 3.63) is 12.7 Å². The molecule has 0 aliphatic rings. The number of rotatable bonds is 9. The quantitative estimate of drug-likeness (QED) is 0.299. The molecule has 0 amide bonds. The van der Waals surface area contributed by atoms with Crippen molar-refractivity contribution in [3.63, 3.8) is 0 Å². The van der Waals surface area contributed by atoms with Crippen LogP contribution in [0.2, 0.25) is 0 Å². The Balaban J connectivity index is 3.89. The van der Waals surface area contributed by atoms with Gasteiger partial charge in [-0.1, -0.05) is 39.2 Å². The van der Waals surface area contributed by atoms with Crippen molar-refractivity contribution >= 4 is 16.1 Å². The van der Waals surface area contributed by atoms with E-state index in [1.165, 1.54) is 0 Å². The van der Waals surface area contributed by atoms with E-state index >= 15 is 0 Å². The van der Waals surface area contributed by atoms with Crippen LogP contribution in [0.25, 0.3) is 0 Å². The highest BCUT2D eigenvalue weighted by Gasteiger charge is 2.23. The average Bonchev–Trinajstić information content (AvgIpc) is 2.24. The number of carbonyl (C=O) groups is 1. The molecular formula is C11H20O5S. The second-order valence-electron chi connectivity index (χ2n) is 3.77. The van der Waals surface area contributed by atoms with Gasteiger partial charge in [0.05, 0.1) is 0 Å². The van der Waals surface area contributed by atoms with E-state index in [2.05, 4.69) is 18.2 Å². The molecule has 0 radical (unpaired) electrons. The van der Waals surface area contributed by atoms with Crippen LogP contribution >= 0.6 is 0 Å². The zero-order valence-corrected chi connectivity index (χ0v) is 10.9. The minimum absolute atomic E-state index is 0.156. The summed E-state index contributed by atoms with van der Waals surface area (Å²) >= 11 is 0. The predicted molar refractivity (Wildman–Crippen MR) is 65.0 cm³/mol. The topological polar surface area (TPSA) is 80.7 Å². The molecule has 0 spiro atoms. The SMILES string of the molecule is C=CC(OC(=O)CCCCCCC)S(=O)(=O)O. The van der Waals surface area contributed by atoms with E-state index in [-0.39, 0.29) is 6.42 Å². The van der Waals surface area contributed by atoms with Crippen molar-refractivity contribution < 1.29 is 22.5 Å². The highest BCUT2D eigenvalue weighted by molar-refractivity contribution is 7.86. The summed E-state index contributed by atoms with van der Waals surface area (Å²) in [6, 6.07) is 0. The summed E-state index contributed by atoms with van der Waals surface area (Å²) in [6.45, 7) is 5.28. The molecule has 5 nitrogen and oxygen atoms in total. The molecule has 0 fully saturated rings. The van der Waals surface area contributed by atoms with Crippen LogP contribution in [0.4, 0.5) is 0 Å². The second-order valence-corrected chi connectivity index (χ2v) is 5.27. The lowest BCUT2D eigenvalue weighted by molar-refractivity contribution is -0.144. The number of hydrogen-bond donors (Lipinski definition) is 1. The first-order valence-corrected chi connectivity index (χ1v) is 7.20. The lowest BCUT2D eigenvalue weighted by Gasteiger charge is -2.10. The Kier molecular flexibility index (Phi) is 7.82. The summed E-state index contributed by atoms with van der Waals surface area (Å²) in [5, 5.41) is 0. The molecule has 0 heterocycles. The Hall–Kier alpha value is -0.880. The number of ether oxygens (including phenoxy) is 1. The monoisotopic (exact) mass is 264 g/mol. The van der Waals surface area contributed by atoms with E-state index in [0.717, 1.165) is 31.8 Å². The zero-order valence-electron chi connectivity index (χ0n) is 10.1. The van der Waals surface area contributed by atoms with Crippen LogP contribution in [0.5, 0.6) is 0 Å². The molecule has 0 aliphatic carbocycles. The van der Waals surface area contributed by atoms with Gasteiger partial charge in [-0.3, -0.25) is 9.35 Å². The van der Waals surface area contributed by atoms with E-state index in [1.54, 1.807) is 0 Å². The molecular weight excluding hydrogens is 244 g/mol. The fourth-order valence-electron chi connectivity index (χ4n) is 1.29. The van der Waals surface area contributed by atoms with Crippen LogP contribution in [0, 0.1) is 0 Å². The predicted octanol–water partition coefficient (Wildman–Crippen LogP) is 2.29. The molecule has 1 atom stereocenters.